The van der Waals surface area contributed by atoms with Crippen LogP contribution in [0.2, 0.25) is 0 Å². The number of ether oxygens (including phenoxy) is 1. The molecule has 3 rings (SSSR count). The number of benzene rings is 1. The Balaban J connectivity index is 2.18. The van der Waals surface area contributed by atoms with Gasteiger partial charge >= 0.3 is 0 Å². The van der Waals surface area contributed by atoms with Crippen LogP contribution in [-0.4, -0.2) is 21.9 Å². The SMILES string of the molecule is COc1ccc(C2SC(C)=Nc3c2c(=O)[nH]n3C(C)C)c(F)c1. The number of nitrogens with zero attached hydrogens (tertiary/aromatic N) is 2. The van der Waals surface area contributed by atoms with Crippen LogP contribution in [-0.2, 0) is 0 Å². The highest BCUT2D eigenvalue weighted by molar-refractivity contribution is 8.14. The predicted octanol–water partition coefficient (Wildman–Crippen LogP) is 3.79. The van der Waals surface area contributed by atoms with Crippen molar-refractivity contribution in [3.05, 3.63) is 45.5 Å². The van der Waals surface area contributed by atoms with Crippen LogP contribution in [0.25, 0.3) is 0 Å². The Morgan fingerprint density at radius 1 is 1.43 bits per heavy atom. The van der Waals surface area contributed by atoms with Crippen molar-refractivity contribution in [1.82, 2.24) is 9.78 Å². The van der Waals surface area contributed by atoms with Gasteiger partial charge in [-0.3, -0.25) is 14.6 Å². The number of aromatic nitrogens is 2. The minimum Gasteiger partial charge on any atom is -0.497 e. The van der Waals surface area contributed by atoms with Gasteiger partial charge in [0.2, 0.25) is 0 Å². The normalized spacial score (nSPS) is 17.1. The van der Waals surface area contributed by atoms with E-state index in [9.17, 15) is 9.18 Å². The van der Waals surface area contributed by atoms with Crippen LogP contribution in [0.4, 0.5) is 10.2 Å². The first kappa shape index (κ1) is 15.9. The minimum atomic E-state index is -0.419. The van der Waals surface area contributed by atoms with Crippen molar-refractivity contribution in [3.8, 4) is 5.75 Å². The van der Waals surface area contributed by atoms with Gasteiger partial charge in [-0.25, -0.2) is 9.38 Å². The molecule has 0 radical (unpaired) electrons. The van der Waals surface area contributed by atoms with Gasteiger partial charge in [0, 0.05) is 17.7 Å². The van der Waals surface area contributed by atoms with Crippen molar-refractivity contribution < 1.29 is 9.13 Å². The molecule has 0 amide bonds. The van der Waals surface area contributed by atoms with E-state index in [2.05, 4.69) is 10.1 Å². The quantitative estimate of drug-likeness (QED) is 0.928. The first-order valence-electron chi connectivity index (χ1n) is 7.32. The van der Waals surface area contributed by atoms with Gasteiger partial charge in [0.05, 0.1) is 23.0 Å². The summed E-state index contributed by atoms with van der Waals surface area (Å²) in [6.07, 6.45) is 0. The molecule has 122 valence electrons. The van der Waals surface area contributed by atoms with Crippen LogP contribution in [0.5, 0.6) is 5.75 Å². The summed E-state index contributed by atoms with van der Waals surface area (Å²) >= 11 is 1.38. The number of fused-ring (bicyclic) bond motifs is 1. The van der Waals surface area contributed by atoms with E-state index in [0.717, 1.165) is 5.04 Å². The smallest absolute Gasteiger partial charge is 0.271 e. The number of aromatic amines is 1. The Bertz CT molecular complexity index is 838. The number of halogens is 1. The minimum absolute atomic E-state index is 0.0625. The van der Waals surface area contributed by atoms with E-state index in [1.54, 1.807) is 16.8 Å². The largest absolute Gasteiger partial charge is 0.497 e. The standard InChI is InChI=1S/C16H18FN3O2S/c1-8(2)20-15-13(16(21)19-20)14(23-9(3)18-15)11-6-5-10(22-4)7-12(11)17/h5-8,14H,1-4H3,(H,19,21). The monoisotopic (exact) mass is 335 g/mol. The van der Waals surface area contributed by atoms with Crippen molar-refractivity contribution in [3.63, 3.8) is 0 Å². The molecule has 1 aliphatic heterocycles. The van der Waals surface area contributed by atoms with E-state index in [1.807, 2.05) is 20.8 Å². The second-order valence-corrected chi connectivity index (χ2v) is 6.96. The Hall–Kier alpha value is -2.02. The Morgan fingerprint density at radius 3 is 2.78 bits per heavy atom. The molecule has 2 heterocycles. The Labute approximate surface area is 137 Å². The maximum atomic E-state index is 14.5. The summed E-state index contributed by atoms with van der Waals surface area (Å²) in [5.41, 5.74) is 0.731. The average molecular weight is 335 g/mol. The van der Waals surface area contributed by atoms with Crippen LogP contribution in [0.15, 0.2) is 28.0 Å². The second-order valence-electron chi connectivity index (χ2n) is 5.66. The zero-order valence-electron chi connectivity index (χ0n) is 13.4. The molecular formula is C16H18FN3O2S. The molecule has 0 fully saturated rings. The van der Waals surface area contributed by atoms with Gasteiger partial charge in [0.15, 0.2) is 5.82 Å². The highest BCUT2D eigenvalue weighted by atomic mass is 32.2. The zero-order chi connectivity index (χ0) is 16.7. The molecule has 0 aliphatic carbocycles. The van der Waals surface area contributed by atoms with E-state index >= 15 is 0 Å². The van der Waals surface area contributed by atoms with Crippen LogP contribution >= 0.6 is 11.8 Å². The molecule has 0 bridgehead atoms. The first-order valence-corrected chi connectivity index (χ1v) is 8.20. The number of aliphatic imine (C=N–C) groups is 1. The number of hydrogen-bond acceptors (Lipinski definition) is 4. The molecule has 7 heteroatoms. The lowest BCUT2D eigenvalue weighted by atomic mass is 10.1. The summed E-state index contributed by atoms with van der Waals surface area (Å²) in [6, 6.07) is 4.77. The highest BCUT2D eigenvalue weighted by Crippen LogP contribution is 2.45. The van der Waals surface area contributed by atoms with E-state index in [1.165, 1.54) is 24.9 Å². The fourth-order valence-electron chi connectivity index (χ4n) is 2.65. The van der Waals surface area contributed by atoms with Gasteiger partial charge < -0.3 is 4.74 Å². The lowest BCUT2D eigenvalue weighted by Gasteiger charge is -2.22. The summed E-state index contributed by atoms with van der Waals surface area (Å²) < 4.78 is 21.3. The van der Waals surface area contributed by atoms with E-state index < -0.39 is 5.25 Å². The molecule has 23 heavy (non-hydrogen) atoms. The molecule has 1 aromatic heterocycles. The third-order valence-corrected chi connectivity index (χ3v) is 4.91. The van der Waals surface area contributed by atoms with Crippen molar-refractivity contribution in [2.24, 2.45) is 4.99 Å². The molecule has 1 aliphatic rings. The summed E-state index contributed by atoms with van der Waals surface area (Å²) in [7, 11) is 1.49. The van der Waals surface area contributed by atoms with Crippen LogP contribution < -0.4 is 10.3 Å². The van der Waals surface area contributed by atoms with Gasteiger partial charge in [-0.15, -0.1) is 0 Å². The maximum Gasteiger partial charge on any atom is 0.271 e. The van der Waals surface area contributed by atoms with E-state index in [-0.39, 0.29) is 17.4 Å². The maximum absolute atomic E-state index is 14.5. The van der Waals surface area contributed by atoms with Crippen LogP contribution in [0.1, 0.15) is 43.2 Å². The van der Waals surface area contributed by atoms with Crippen molar-refractivity contribution in [1.29, 1.82) is 0 Å². The van der Waals surface area contributed by atoms with Gasteiger partial charge in [-0.2, -0.15) is 0 Å². The number of methoxy groups -OCH3 is 1. The number of rotatable bonds is 3. The lowest BCUT2D eigenvalue weighted by Crippen LogP contribution is -2.14. The molecule has 0 saturated heterocycles. The summed E-state index contributed by atoms with van der Waals surface area (Å²) in [6.45, 7) is 5.79. The van der Waals surface area contributed by atoms with E-state index in [0.29, 0.717) is 22.7 Å². The fourth-order valence-corrected chi connectivity index (χ4v) is 3.78. The van der Waals surface area contributed by atoms with Gasteiger partial charge in [0.1, 0.15) is 11.6 Å². The lowest BCUT2D eigenvalue weighted by molar-refractivity contribution is 0.411. The third-order valence-electron chi connectivity index (χ3n) is 3.76. The molecule has 1 N–H and O–H groups in total. The molecule has 0 spiro atoms. The molecule has 2 aromatic rings. The molecule has 1 unspecified atom stereocenters. The van der Waals surface area contributed by atoms with Crippen LogP contribution in [0, 0.1) is 5.82 Å². The first-order chi connectivity index (χ1) is 10.9. The summed E-state index contributed by atoms with van der Waals surface area (Å²) in [5, 5.41) is 3.19. The highest BCUT2D eigenvalue weighted by Gasteiger charge is 2.32. The van der Waals surface area contributed by atoms with Crippen molar-refractivity contribution in [2.45, 2.75) is 32.1 Å². The third kappa shape index (κ3) is 2.69. The fraction of sp³-hybridized carbons (Fsp3) is 0.375. The zero-order valence-corrected chi connectivity index (χ0v) is 14.2. The molecule has 5 nitrogen and oxygen atoms in total. The molecular weight excluding hydrogens is 317 g/mol. The topological polar surface area (TPSA) is 59.4 Å². The number of thioether (sulfide) groups is 1. The predicted molar refractivity (Wildman–Crippen MR) is 90.6 cm³/mol. The summed E-state index contributed by atoms with van der Waals surface area (Å²) in [4.78, 5) is 16.9. The molecule has 0 saturated carbocycles. The van der Waals surface area contributed by atoms with Gasteiger partial charge in [0.25, 0.3) is 5.56 Å². The van der Waals surface area contributed by atoms with Gasteiger partial charge in [-0.05, 0) is 26.8 Å². The summed E-state index contributed by atoms with van der Waals surface area (Å²) in [5.74, 6) is 0.645. The Kier molecular flexibility index (Phi) is 4.06. The van der Waals surface area contributed by atoms with Crippen molar-refractivity contribution >= 4 is 22.6 Å². The average Bonchev–Trinajstić information content (AvgIpc) is 2.83. The number of nitrogens with one attached hydrogen (secondary N) is 1. The van der Waals surface area contributed by atoms with E-state index in [4.69, 9.17) is 4.74 Å². The second kappa shape index (κ2) is 5.88. The van der Waals surface area contributed by atoms with Crippen molar-refractivity contribution in [2.75, 3.05) is 7.11 Å². The molecule has 1 atom stereocenters. The number of hydrogen-bond donors (Lipinski definition) is 1. The van der Waals surface area contributed by atoms with Gasteiger partial charge in [-0.1, -0.05) is 17.8 Å². The molecule has 1 aromatic carbocycles. The Morgan fingerprint density at radius 2 is 2.17 bits per heavy atom. The number of H-pyrrole nitrogens is 1. The van der Waals surface area contributed by atoms with Crippen LogP contribution in [0.3, 0.4) is 0 Å².